The topological polar surface area (TPSA) is 109 Å². The molecule has 1 aromatic heterocycles. The molecule has 39 heavy (non-hydrogen) atoms. The van der Waals surface area contributed by atoms with Crippen LogP contribution in [0.25, 0.3) is 0 Å². The molecule has 8 nitrogen and oxygen atoms in total. The molecule has 0 spiro atoms. The number of likely N-dealkylation sites (tertiary alicyclic amines) is 1. The molecule has 13 heteroatoms. The second-order valence-corrected chi connectivity index (χ2v) is 10.8. The predicted molar refractivity (Wildman–Crippen MR) is 141 cm³/mol. The van der Waals surface area contributed by atoms with Crippen LogP contribution in [0.4, 0.5) is 29.5 Å². The van der Waals surface area contributed by atoms with Crippen molar-refractivity contribution in [1.29, 1.82) is 0 Å². The number of alkyl halides is 3. The van der Waals surface area contributed by atoms with E-state index >= 15 is 0 Å². The van der Waals surface area contributed by atoms with Gasteiger partial charge in [0, 0.05) is 29.0 Å². The Balaban J connectivity index is 1.62. The summed E-state index contributed by atoms with van der Waals surface area (Å²) in [5.74, 6) is -3.07. The number of aromatic nitrogens is 1. The van der Waals surface area contributed by atoms with E-state index in [-0.39, 0.29) is 22.3 Å². The summed E-state index contributed by atoms with van der Waals surface area (Å²) in [6.07, 6.45) is -0.544. The van der Waals surface area contributed by atoms with Gasteiger partial charge in [0.2, 0.25) is 5.91 Å². The van der Waals surface area contributed by atoms with Crippen molar-refractivity contribution in [1.82, 2.24) is 15.2 Å². The van der Waals surface area contributed by atoms with Crippen LogP contribution in [-0.2, 0) is 16.0 Å². The molecule has 2 fully saturated rings. The number of urea groups is 1. The summed E-state index contributed by atoms with van der Waals surface area (Å²) in [7, 11) is 1.41. The van der Waals surface area contributed by atoms with E-state index in [0.29, 0.717) is 41.8 Å². The summed E-state index contributed by atoms with van der Waals surface area (Å²) in [5.41, 5.74) is 6.62. The van der Waals surface area contributed by atoms with Crippen LogP contribution in [0.5, 0.6) is 0 Å². The maximum atomic E-state index is 14.0. The third-order valence-corrected chi connectivity index (χ3v) is 7.74. The van der Waals surface area contributed by atoms with Crippen LogP contribution in [0.3, 0.4) is 0 Å². The van der Waals surface area contributed by atoms with Crippen molar-refractivity contribution < 1.29 is 27.6 Å². The lowest BCUT2D eigenvalue weighted by Gasteiger charge is -2.46. The number of hydrogen-bond donors (Lipinski definition) is 2. The number of halogens is 5. The van der Waals surface area contributed by atoms with Gasteiger partial charge in [0.25, 0.3) is 5.91 Å². The lowest BCUT2D eigenvalue weighted by atomic mass is 9.81. The molecule has 2 aromatic rings. The van der Waals surface area contributed by atoms with Crippen LogP contribution in [-0.4, -0.2) is 53.0 Å². The summed E-state index contributed by atoms with van der Waals surface area (Å²) in [6, 6.07) is 2.80. The van der Waals surface area contributed by atoms with Crippen molar-refractivity contribution in [3.63, 3.8) is 0 Å². The Morgan fingerprint density at radius 1 is 1.15 bits per heavy atom. The molecule has 1 aromatic carbocycles. The van der Waals surface area contributed by atoms with Gasteiger partial charge in [-0.25, -0.2) is 9.78 Å². The number of carbonyl (C=O) groups is 3. The number of hydrogen-bond acceptors (Lipinski definition) is 5. The van der Waals surface area contributed by atoms with Crippen molar-refractivity contribution in [2.24, 2.45) is 11.8 Å². The van der Waals surface area contributed by atoms with E-state index in [1.807, 2.05) is 5.32 Å². The number of pyridine rings is 1. The maximum absolute atomic E-state index is 14.0. The zero-order valence-electron chi connectivity index (χ0n) is 21.0. The number of carbonyl (C=O) groups excluding carboxylic acids is 3. The number of rotatable bonds is 6. The van der Waals surface area contributed by atoms with Gasteiger partial charge in [0.05, 0.1) is 5.92 Å². The van der Waals surface area contributed by atoms with E-state index in [2.05, 4.69) is 4.98 Å². The van der Waals surface area contributed by atoms with Gasteiger partial charge < -0.3 is 16.0 Å². The molecule has 3 atom stereocenters. The molecule has 2 heterocycles. The average molecular weight is 586 g/mol. The average Bonchev–Trinajstić information content (AvgIpc) is 2.87. The van der Waals surface area contributed by atoms with E-state index < -0.39 is 47.9 Å². The van der Waals surface area contributed by atoms with Gasteiger partial charge in [0.15, 0.2) is 0 Å². The first-order chi connectivity index (χ1) is 18.4. The van der Waals surface area contributed by atoms with Crippen molar-refractivity contribution in [3.05, 3.63) is 52.1 Å². The molecule has 0 bridgehead atoms. The van der Waals surface area contributed by atoms with Gasteiger partial charge in [-0.15, -0.1) is 0 Å². The quantitative estimate of drug-likeness (QED) is 0.451. The Morgan fingerprint density at radius 2 is 1.79 bits per heavy atom. The van der Waals surface area contributed by atoms with Gasteiger partial charge >= 0.3 is 12.2 Å². The van der Waals surface area contributed by atoms with Crippen LogP contribution in [0.15, 0.2) is 36.5 Å². The van der Waals surface area contributed by atoms with Gasteiger partial charge in [0.1, 0.15) is 17.9 Å². The Hall–Kier alpha value is -3.05. The van der Waals surface area contributed by atoms with Crippen molar-refractivity contribution >= 4 is 52.6 Å². The predicted octanol–water partition coefficient (Wildman–Crippen LogP) is 5.22. The van der Waals surface area contributed by atoms with Gasteiger partial charge in [-0.1, -0.05) is 42.5 Å². The molecule has 1 unspecified atom stereocenters. The minimum atomic E-state index is -4.71. The largest absolute Gasteiger partial charge is 0.408 e. The van der Waals surface area contributed by atoms with Gasteiger partial charge in [-0.3, -0.25) is 14.5 Å². The number of amides is 4. The van der Waals surface area contributed by atoms with Gasteiger partial charge in [-0.05, 0) is 61.1 Å². The molecule has 0 radical (unpaired) electrons. The summed E-state index contributed by atoms with van der Waals surface area (Å²) in [5, 5.41) is 2.53. The Bertz CT molecular complexity index is 1240. The Morgan fingerprint density at radius 3 is 2.38 bits per heavy atom. The third-order valence-electron chi connectivity index (χ3n) is 7.30. The minimum absolute atomic E-state index is 0.0290. The highest BCUT2D eigenvalue weighted by molar-refractivity contribution is 6.35. The summed E-state index contributed by atoms with van der Waals surface area (Å²) < 4.78 is 42.0. The first kappa shape index (κ1) is 28.9. The summed E-state index contributed by atoms with van der Waals surface area (Å²) in [6.45, 7) is 0. The van der Waals surface area contributed by atoms with E-state index in [1.165, 1.54) is 42.4 Å². The van der Waals surface area contributed by atoms with Crippen molar-refractivity contribution in [3.8, 4) is 0 Å². The number of benzene rings is 1. The summed E-state index contributed by atoms with van der Waals surface area (Å²) >= 11 is 12.2. The number of anilines is 2. The third kappa shape index (κ3) is 6.41. The van der Waals surface area contributed by atoms with E-state index in [4.69, 9.17) is 28.9 Å². The highest BCUT2D eigenvalue weighted by Crippen LogP contribution is 2.37. The normalized spacial score (nSPS) is 20.8. The summed E-state index contributed by atoms with van der Waals surface area (Å²) in [4.78, 5) is 45.8. The molecular weight excluding hydrogens is 558 g/mol. The zero-order chi connectivity index (χ0) is 28.5. The number of nitrogens with one attached hydrogen (secondary N) is 1. The molecule has 4 amide bonds. The fourth-order valence-corrected chi connectivity index (χ4v) is 5.84. The monoisotopic (exact) mass is 585 g/mol. The Labute approximate surface area is 233 Å². The van der Waals surface area contributed by atoms with Crippen LogP contribution in [0, 0.1) is 11.8 Å². The zero-order valence-corrected chi connectivity index (χ0v) is 22.6. The van der Waals surface area contributed by atoms with Gasteiger partial charge in [-0.2, -0.15) is 13.2 Å². The van der Waals surface area contributed by atoms with Crippen LogP contribution in [0.2, 0.25) is 10.0 Å². The first-order valence-electron chi connectivity index (χ1n) is 12.5. The fraction of sp³-hybridized carbons (Fsp3) is 0.462. The molecular formula is C26H28Cl2F3N5O3. The standard InChI is InChI=1S/C26H28Cl2F3N5O3/c1-35(18-12-16(27)11-17(28)13-18)24(38)21-19(9-14-7-8-33-20(32)10-14)23(37)36(21)25(39)34-22(26(29,30)31)15-5-3-2-4-6-15/h7-8,10-13,15,19,21-22H,2-6,9H2,1H3,(H2,32,33)(H,34,39)/t19?,21-,22-/m0/s1. The van der Waals surface area contributed by atoms with Crippen molar-refractivity contribution in [2.45, 2.75) is 56.8 Å². The SMILES string of the molecule is CN(C(=O)[C@@H]1C(Cc2ccnc(N)c2)C(=O)N1C(=O)N[C@@H](C1CCCCC1)C(F)(F)F)c1cc(Cl)cc(Cl)c1. The molecule has 1 aliphatic heterocycles. The number of imide groups is 1. The molecule has 1 saturated carbocycles. The second kappa shape index (κ2) is 11.6. The lowest BCUT2D eigenvalue weighted by molar-refractivity contribution is -0.170. The lowest BCUT2D eigenvalue weighted by Crippen LogP contribution is -2.71. The molecule has 2 aliphatic rings. The number of nitrogens with zero attached hydrogens (tertiary/aromatic N) is 3. The maximum Gasteiger partial charge on any atom is 0.408 e. The molecule has 1 saturated heterocycles. The Kier molecular flexibility index (Phi) is 8.60. The van der Waals surface area contributed by atoms with E-state index in [9.17, 15) is 27.6 Å². The fourth-order valence-electron chi connectivity index (χ4n) is 5.33. The molecule has 1 aliphatic carbocycles. The van der Waals surface area contributed by atoms with E-state index in [1.54, 1.807) is 6.07 Å². The van der Waals surface area contributed by atoms with Crippen LogP contribution >= 0.6 is 23.2 Å². The molecule has 3 N–H and O–H groups in total. The number of β-lactam (4-membered cyclic amide) rings is 1. The minimum Gasteiger partial charge on any atom is -0.384 e. The van der Waals surface area contributed by atoms with Crippen molar-refractivity contribution in [2.75, 3.05) is 17.7 Å². The van der Waals surface area contributed by atoms with Crippen LogP contribution < -0.4 is 16.0 Å². The number of likely N-dealkylation sites (N-methyl/N-ethyl adjacent to an activating group) is 1. The highest BCUT2D eigenvalue weighted by Gasteiger charge is 2.57. The number of nitrogens with two attached hydrogens (primary N) is 1. The van der Waals surface area contributed by atoms with Crippen LogP contribution in [0.1, 0.15) is 37.7 Å². The molecule has 210 valence electrons. The highest BCUT2D eigenvalue weighted by atomic mass is 35.5. The smallest absolute Gasteiger partial charge is 0.384 e. The first-order valence-corrected chi connectivity index (χ1v) is 13.3. The second-order valence-electron chi connectivity index (χ2n) is 9.94. The molecule has 4 rings (SSSR count). The number of nitrogen functional groups attached to an aromatic ring is 1. The van der Waals surface area contributed by atoms with E-state index in [0.717, 1.165) is 6.42 Å².